The number of benzene rings is 1. The normalized spacial score (nSPS) is 22.6. The number of hydrogen-bond acceptors (Lipinski definition) is 2. The van der Waals surface area contributed by atoms with Gasteiger partial charge in [0.1, 0.15) is 0 Å². The van der Waals surface area contributed by atoms with E-state index in [1.807, 2.05) is 28.2 Å². The third-order valence-corrected chi connectivity index (χ3v) is 6.33. The molecule has 0 fully saturated rings. The molecule has 0 amide bonds. The Bertz CT molecular complexity index is 685. The number of H-pyrrole nitrogens is 1. The Hall–Kier alpha value is -1.49. The molecule has 5 heteroatoms. The molecule has 1 aromatic heterocycles. The van der Waals surface area contributed by atoms with Gasteiger partial charge < -0.3 is 4.98 Å². The summed E-state index contributed by atoms with van der Waals surface area (Å²) in [4.78, 5) is 19.9. The van der Waals surface area contributed by atoms with E-state index in [0.29, 0.717) is 5.92 Å². The van der Waals surface area contributed by atoms with Crippen LogP contribution >= 0.6 is 11.1 Å². The second-order valence-electron chi connectivity index (χ2n) is 4.93. The number of thiol groups is 1. The maximum Gasteiger partial charge on any atom is 0.335 e. The zero-order valence-corrected chi connectivity index (χ0v) is 12.2. The minimum absolute atomic E-state index is 0.00483. The second-order valence-corrected chi connectivity index (χ2v) is 7.04. The van der Waals surface area contributed by atoms with E-state index in [-0.39, 0.29) is 5.69 Å². The van der Waals surface area contributed by atoms with E-state index in [4.69, 9.17) is 0 Å². The summed E-state index contributed by atoms with van der Waals surface area (Å²) >= 11 is -0.610. The van der Waals surface area contributed by atoms with Crippen molar-refractivity contribution < 1.29 is 0 Å². The summed E-state index contributed by atoms with van der Waals surface area (Å²) in [6.07, 6.45) is 1.08. The molecule has 0 aliphatic carbocycles. The lowest BCUT2D eigenvalue weighted by atomic mass is 10.1. The van der Waals surface area contributed by atoms with Crippen molar-refractivity contribution in [3.8, 4) is 0 Å². The summed E-state index contributed by atoms with van der Waals surface area (Å²) in [5, 5.41) is 1.24. The molecule has 0 bridgehead atoms. The maximum absolute atomic E-state index is 12.3. The standard InChI is InChI=1S/C14H19N3OS/c1-3-10(2)13-15-8-9-19(13)17-12-7-5-4-6-11(12)16-14(17)18/h4-7,10,19H,3,8-9H2,1-2H3,(H,16,18). The summed E-state index contributed by atoms with van der Waals surface area (Å²) in [5.41, 5.74) is 1.94. The van der Waals surface area contributed by atoms with Gasteiger partial charge in [-0.25, -0.2) is 4.79 Å². The minimum Gasteiger partial charge on any atom is -0.305 e. The number of nitrogens with one attached hydrogen (secondary N) is 1. The van der Waals surface area contributed by atoms with E-state index in [0.717, 1.165) is 29.8 Å². The lowest BCUT2D eigenvalue weighted by Gasteiger charge is -2.22. The Kier molecular flexibility index (Phi) is 3.22. The van der Waals surface area contributed by atoms with Crippen molar-refractivity contribution in [2.75, 3.05) is 12.3 Å². The molecule has 4 nitrogen and oxygen atoms in total. The van der Waals surface area contributed by atoms with Crippen molar-refractivity contribution in [2.45, 2.75) is 20.3 Å². The van der Waals surface area contributed by atoms with Crippen LogP contribution in [0.1, 0.15) is 20.3 Å². The molecule has 2 heterocycles. The predicted molar refractivity (Wildman–Crippen MR) is 83.6 cm³/mol. The topological polar surface area (TPSA) is 50.1 Å². The van der Waals surface area contributed by atoms with E-state index in [1.165, 1.54) is 5.04 Å². The first-order valence-corrected chi connectivity index (χ1v) is 8.22. The van der Waals surface area contributed by atoms with E-state index < -0.39 is 11.1 Å². The highest BCUT2D eigenvalue weighted by atomic mass is 32.2. The van der Waals surface area contributed by atoms with Gasteiger partial charge >= 0.3 is 5.69 Å². The number of nitrogens with zero attached hydrogens (tertiary/aromatic N) is 2. The van der Waals surface area contributed by atoms with Gasteiger partial charge in [-0.1, -0.05) is 26.0 Å². The van der Waals surface area contributed by atoms with Crippen LogP contribution in [0.5, 0.6) is 0 Å². The molecule has 1 aromatic carbocycles. The number of aliphatic imine (C=N–C) groups is 1. The van der Waals surface area contributed by atoms with Crippen molar-refractivity contribution in [2.24, 2.45) is 10.9 Å². The van der Waals surface area contributed by atoms with Gasteiger partial charge in [0, 0.05) is 18.2 Å². The molecule has 1 N–H and O–H groups in total. The first-order valence-electron chi connectivity index (χ1n) is 6.74. The zero-order chi connectivity index (χ0) is 13.4. The molecule has 0 spiro atoms. The summed E-state index contributed by atoms with van der Waals surface area (Å²) in [5.74, 6) is 1.46. The molecule has 102 valence electrons. The maximum atomic E-state index is 12.3. The summed E-state index contributed by atoms with van der Waals surface area (Å²) in [6, 6.07) is 7.91. The fourth-order valence-electron chi connectivity index (χ4n) is 2.53. The molecule has 19 heavy (non-hydrogen) atoms. The fraction of sp³-hybridized carbons (Fsp3) is 0.429. The Morgan fingerprint density at radius 2 is 2.26 bits per heavy atom. The highest BCUT2D eigenvalue weighted by Gasteiger charge is 2.25. The van der Waals surface area contributed by atoms with Gasteiger partial charge in [0.2, 0.25) is 0 Å². The van der Waals surface area contributed by atoms with Gasteiger partial charge in [0.25, 0.3) is 0 Å². The van der Waals surface area contributed by atoms with Crippen molar-refractivity contribution in [3.05, 3.63) is 34.7 Å². The van der Waals surface area contributed by atoms with Crippen LogP contribution in [0, 0.1) is 5.92 Å². The lowest BCUT2D eigenvalue weighted by molar-refractivity contribution is 0.748. The zero-order valence-electron chi connectivity index (χ0n) is 11.3. The third kappa shape index (κ3) is 2.02. The highest BCUT2D eigenvalue weighted by molar-refractivity contribution is 8.29. The summed E-state index contributed by atoms with van der Waals surface area (Å²) < 4.78 is 1.95. The molecule has 0 saturated carbocycles. The molecule has 2 unspecified atom stereocenters. The van der Waals surface area contributed by atoms with Gasteiger partial charge in [0.15, 0.2) is 0 Å². The van der Waals surface area contributed by atoms with Crippen molar-refractivity contribution >= 4 is 27.2 Å². The smallest absolute Gasteiger partial charge is 0.305 e. The molecule has 2 aromatic rings. The number of para-hydroxylation sites is 2. The molecule has 2 atom stereocenters. The van der Waals surface area contributed by atoms with E-state index in [9.17, 15) is 4.79 Å². The van der Waals surface area contributed by atoms with Crippen LogP contribution in [0.15, 0.2) is 34.1 Å². The first kappa shape index (κ1) is 12.5. The van der Waals surface area contributed by atoms with Crippen LogP contribution in [0.3, 0.4) is 0 Å². The number of hydrogen-bond donors (Lipinski definition) is 2. The summed E-state index contributed by atoms with van der Waals surface area (Å²) in [7, 11) is 0. The minimum atomic E-state index is -0.610. The third-order valence-electron chi connectivity index (χ3n) is 3.71. The Balaban J connectivity index is 2.12. The first-order chi connectivity index (χ1) is 9.22. The van der Waals surface area contributed by atoms with Crippen LogP contribution < -0.4 is 5.69 Å². The fourth-order valence-corrected chi connectivity index (χ4v) is 5.11. The van der Waals surface area contributed by atoms with Crippen LogP contribution in [0.4, 0.5) is 0 Å². The van der Waals surface area contributed by atoms with Crippen LogP contribution in [0.2, 0.25) is 0 Å². The quantitative estimate of drug-likeness (QED) is 0.832. The Morgan fingerprint density at radius 3 is 3.05 bits per heavy atom. The van der Waals surface area contributed by atoms with E-state index in [1.54, 1.807) is 0 Å². The number of rotatable bonds is 3. The summed E-state index contributed by atoms with van der Waals surface area (Å²) in [6.45, 7) is 5.24. The van der Waals surface area contributed by atoms with Crippen LogP contribution in [-0.4, -0.2) is 26.3 Å². The average molecular weight is 277 g/mol. The monoisotopic (exact) mass is 277 g/mol. The van der Waals surface area contributed by atoms with E-state index in [2.05, 4.69) is 23.8 Å². The number of imidazole rings is 1. The van der Waals surface area contributed by atoms with Gasteiger partial charge in [-0.05, 0) is 18.6 Å². The SMILES string of the molecule is CCC(C)C1=NCC[SH]1n1c(=O)[nH]c2ccccc21. The van der Waals surface area contributed by atoms with Gasteiger partial charge in [-0.2, -0.15) is 0 Å². The molecule has 1 aliphatic heterocycles. The van der Waals surface area contributed by atoms with Crippen molar-refractivity contribution in [3.63, 3.8) is 0 Å². The van der Waals surface area contributed by atoms with Crippen LogP contribution in [0.25, 0.3) is 11.0 Å². The van der Waals surface area contributed by atoms with Gasteiger partial charge in [-0.15, -0.1) is 11.1 Å². The molecule has 3 rings (SSSR count). The van der Waals surface area contributed by atoms with E-state index >= 15 is 0 Å². The Labute approximate surface area is 115 Å². The predicted octanol–water partition coefficient (Wildman–Crippen LogP) is 2.55. The molecule has 0 radical (unpaired) electrons. The molecule has 1 aliphatic rings. The number of aromatic nitrogens is 2. The molecular formula is C14H19N3OS. The lowest BCUT2D eigenvalue weighted by Crippen LogP contribution is -2.21. The van der Waals surface area contributed by atoms with Gasteiger partial charge in [-0.3, -0.25) is 8.96 Å². The largest absolute Gasteiger partial charge is 0.335 e. The number of aromatic amines is 1. The van der Waals surface area contributed by atoms with Crippen molar-refractivity contribution in [1.82, 2.24) is 8.96 Å². The second kappa shape index (κ2) is 4.89. The average Bonchev–Trinajstić information content (AvgIpc) is 3.00. The molecule has 0 saturated heterocycles. The highest BCUT2D eigenvalue weighted by Crippen LogP contribution is 2.38. The van der Waals surface area contributed by atoms with Crippen molar-refractivity contribution in [1.29, 1.82) is 0 Å². The number of fused-ring (bicyclic) bond motifs is 1. The van der Waals surface area contributed by atoms with Crippen LogP contribution in [-0.2, 0) is 0 Å². The Morgan fingerprint density at radius 1 is 1.47 bits per heavy atom. The molecular weight excluding hydrogens is 258 g/mol. The van der Waals surface area contributed by atoms with Gasteiger partial charge in [0.05, 0.1) is 16.1 Å².